The van der Waals surface area contributed by atoms with Crippen LogP contribution in [-0.4, -0.2) is 75.7 Å². The van der Waals surface area contributed by atoms with E-state index in [1.54, 1.807) is 7.11 Å². The summed E-state index contributed by atoms with van der Waals surface area (Å²) in [5.74, 6) is 1.85. The van der Waals surface area contributed by atoms with E-state index in [4.69, 9.17) is 24.2 Å². The number of nitrogens with zero attached hydrogens (tertiary/aromatic N) is 3. The maximum absolute atomic E-state index is 13.2. The fourth-order valence-corrected chi connectivity index (χ4v) is 6.36. The molecule has 2 aliphatic heterocycles. The molecule has 0 bridgehead atoms. The molecule has 0 aliphatic carbocycles. The van der Waals surface area contributed by atoms with E-state index in [0.29, 0.717) is 68.9 Å². The number of aromatic nitrogens is 3. The molecule has 0 spiro atoms. The fraction of sp³-hybridized carbons (Fsp3) is 0.500. The van der Waals surface area contributed by atoms with Crippen LogP contribution in [0.25, 0.3) is 22.3 Å². The van der Waals surface area contributed by atoms with Crippen LogP contribution in [0.15, 0.2) is 30.5 Å². The molecule has 1 N–H and O–H groups in total. The lowest BCUT2D eigenvalue weighted by molar-refractivity contribution is 0.0731. The van der Waals surface area contributed by atoms with Gasteiger partial charge in [0.1, 0.15) is 16.3 Å². The third-order valence-electron chi connectivity index (χ3n) is 6.97. The molecule has 0 unspecified atom stereocenters. The molecule has 182 valence electrons. The van der Waals surface area contributed by atoms with Crippen molar-refractivity contribution >= 4 is 26.6 Å². The van der Waals surface area contributed by atoms with Crippen LogP contribution in [0.3, 0.4) is 0 Å². The second-order valence-electron chi connectivity index (χ2n) is 9.05. The van der Waals surface area contributed by atoms with Crippen molar-refractivity contribution in [3.8, 4) is 17.1 Å². The molecule has 1 atom stereocenters. The van der Waals surface area contributed by atoms with Gasteiger partial charge in [0.25, 0.3) is 0 Å². The maximum atomic E-state index is 13.2. The van der Waals surface area contributed by atoms with Gasteiger partial charge in [0.2, 0.25) is 0 Å². The minimum absolute atomic E-state index is 0.103. The molecule has 1 aromatic carbocycles. The first-order valence-electron chi connectivity index (χ1n) is 11.5. The van der Waals surface area contributed by atoms with Crippen molar-refractivity contribution in [2.75, 3.05) is 51.2 Å². The van der Waals surface area contributed by atoms with Gasteiger partial charge < -0.3 is 24.1 Å². The number of methoxy groups -OCH3 is 1. The van der Waals surface area contributed by atoms with E-state index in [1.165, 1.54) is 6.26 Å². The quantitative estimate of drug-likeness (QED) is 0.587. The minimum atomic E-state index is -3.49. The van der Waals surface area contributed by atoms with Gasteiger partial charge in [-0.25, -0.2) is 18.4 Å². The van der Waals surface area contributed by atoms with Crippen molar-refractivity contribution in [3.05, 3.63) is 36.2 Å². The van der Waals surface area contributed by atoms with Crippen LogP contribution >= 0.6 is 0 Å². The molecule has 3 aromatic rings. The van der Waals surface area contributed by atoms with Gasteiger partial charge in [-0.05, 0) is 31.9 Å². The van der Waals surface area contributed by atoms with Crippen molar-refractivity contribution < 1.29 is 22.6 Å². The van der Waals surface area contributed by atoms with Gasteiger partial charge in [0.05, 0.1) is 32.1 Å². The second kappa shape index (κ2) is 8.83. The lowest BCUT2D eigenvalue weighted by Crippen LogP contribution is -2.45. The second-order valence-corrected chi connectivity index (χ2v) is 11.4. The summed E-state index contributed by atoms with van der Waals surface area (Å²) in [5.41, 5.74) is 2.20. The minimum Gasteiger partial charge on any atom is -0.497 e. The van der Waals surface area contributed by atoms with E-state index in [2.05, 4.69) is 16.8 Å². The first-order valence-corrected chi connectivity index (χ1v) is 13.4. The number of H-pyrrole nitrogens is 1. The number of sulfone groups is 1. The van der Waals surface area contributed by atoms with Crippen LogP contribution in [0.2, 0.25) is 0 Å². The molecule has 9 nitrogen and oxygen atoms in total. The van der Waals surface area contributed by atoms with Crippen molar-refractivity contribution in [1.82, 2.24) is 15.0 Å². The summed E-state index contributed by atoms with van der Waals surface area (Å²) in [6.45, 7) is 4.67. The highest BCUT2D eigenvalue weighted by atomic mass is 32.2. The predicted molar refractivity (Wildman–Crippen MR) is 130 cm³/mol. The number of fused-ring (bicyclic) bond motifs is 1. The van der Waals surface area contributed by atoms with Crippen molar-refractivity contribution in [3.63, 3.8) is 0 Å². The zero-order chi connectivity index (χ0) is 23.9. The molecule has 2 fully saturated rings. The lowest BCUT2D eigenvalue weighted by atomic mass is 9.94. The SMILES string of the molecule is COc1cc(-c2nc(N3CCOC[C@H]3C)cc(C3(S(C)(=O)=O)CCOCC3)n2)c2cc[nH]c2c1. The van der Waals surface area contributed by atoms with E-state index in [-0.39, 0.29) is 6.04 Å². The van der Waals surface area contributed by atoms with E-state index in [1.807, 2.05) is 30.5 Å². The molecule has 2 aliphatic rings. The van der Waals surface area contributed by atoms with E-state index < -0.39 is 14.6 Å². The molecule has 10 heteroatoms. The van der Waals surface area contributed by atoms with Crippen LogP contribution < -0.4 is 9.64 Å². The van der Waals surface area contributed by atoms with Crippen LogP contribution in [0.4, 0.5) is 5.82 Å². The molecular weight excluding hydrogens is 456 g/mol. The first-order chi connectivity index (χ1) is 16.3. The number of benzene rings is 1. The summed E-state index contributed by atoms with van der Waals surface area (Å²) in [4.78, 5) is 15.3. The smallest absolute Gasteiger partial charge is 0.162 e. The van der Waals surface area contributed by atoms with Gasteiger partial charge in [-0.15, -0.1) is 0 Å². The van der Waals surface area contributed by atoms with Crippen LogP contribution in [-0.2, 0) is 24.1 Å². The van der Waals surface area contributed by atoms with Crippen molar-refractivity contribution in [2.45, 2.75) is 30.6 Å². The van der Waals surface area contributed by atoms with Gasteiger partial charge in [-0.2, -0.15) is 0 Å². The predicted octanol–water partition coefficient (Wildman–Crippen LogP) is 2.91. The standard InChI is InChI=1S/C24H30N4O5S/c1-16-15-33-11-8-28(16)22-14-21(24(34(3,29)30)5-9-32-10-6-24)26-23(27-22)19-12-17(31-2)13-20-18(19)4-7-25-20/h4,7,12-14,16,25H,5-6,8-11,15H2,1-3H3/t16-/m1/s1. The highest BCUT2D eigenvalue weighted by Gasteiger charge is 2.46. The number of nitrogens with one attached hydrogen (secondary N) is 1. The number of ether oxygens (including phenoxy) is 3. The molecule has 34 heavy (non-hydrogen) atoms. The molecular formula is C24H30N4O5S. The van der Waals surface area contributed by atoms with E-state index in [0.717, 1.165) is 16.5 Å². The molecule has 5 rings (SSSR count). The number of hydrogen-bond donors (Lipinski definition) is 1. The molecule has 0 amide bonds. The Morgan fingerprint density at radius 3 is 2.65 bits per heavy atom. The van der Waals surface area contributed by atoms with Crippen molar-refractivity contribution in [2.24, 2.45) is 0 Å². The van der Waals surface area contributed by atoms with Crippen LogP contribution in [0.1, 0.15) is 25.5 Å². The Balaban J connectivity index is 1.76. The number of anilines is 1. The Kier molecular flexibility index (Phi) is 5.99. The number of hydrogen-bond acceptors (Lipinski definition) is 8. The van der Waals surface area contributed by atoms with Crippen LogP contribution in [0.5, 0.6) is 5.75 Å². The molecule has 2 aromatic heterocycles. The van der Waals surface area contributed by atoms with Crippen molar-refractivity contribution in [1.29, 1.82) is 0 Å². The zero-order valence-electron chi connectivity index (χ0n) is 19.7. The Hall–Kier alpha value is -2.69. The summed E-state index contributed by atoms with van der Waals surface area (Å²) in [7, 11) is -1.87. The zero-order valence-corrected chi connectivity index (χ0v) is 20.5. The highest BCUT2D eigenvalue weighted by Crippen LogP contribution is 2.41. The van der Waals surface area contributed by atoms with Gasteiger partial charge in [-0.1, -0.05) is 0 Å². The Morgan fingerprint density at radius 2 is 1.94 bits per heavy atom. The number of morpholine rings is 1. The molecule has 2 saturated heterocycles. The summed E-state index contributed by atoms with van der Waals surface area (Å²) >= 11 is 0. The maximum Gasteiger partial charge on any atom is 0.162 e. The molecule has 0 radical (unpaired) electrons. The van der Waals surface area contributed by atoms with Gasteiger partial charge in [0.15, 0.2) is 15.7 Å². The summed E-state index contributed by atoms with van der Waals surface area (Å²) < 4.78 is 42.0. The third kappa shape index (κ3) is 3.93. The average Bonchev–Trinajstić information content (AvgIpc) is 3.32. The normalized spacial score (nSPS) is 21.0. The highest BCUT2D eigenvalue weighted by molar-refractivity contribution is 7.91. The van der Waals surface area contributed by atoms with E-state index >= 15 is 0 Å². The van der Waals surface area contributed by atoms with Gasteiger partial charge in [-0.3, -0.25) is 0 Å². The van der Waals surface area contributed by atoms with Gasteiger partial charge in [0, 0.05) is 60.8 Å². The molecule has 4 heterocycles. The first kappa shape index (κ1) is 23.1. The summed E-state index contributed by atoms with van der Waals surface area (Å²) in [6, 6.07) is 7.75. The Labute approximate surface area is 199 Å². The fourth-order valence-electron chi connectivity index (χ4n) is 4.96. The summed E-state index contributed by atoms with van der Waals surface area (Å²) in [5, 5.41) is 0.944. The Morgan fingerprint density at radius 1 is 1.15 bits per heavy atom. The monoisotopic (exact) mass is 486 g/mol. The topological polar surface area (TPSA) is 107 Å². The summed E-state index contributed by atoms with van der Waals surface area (Å²) in [6.07, 6.45) is 3.88. The van der Waals surface area contributed by atoms with E-state index in [9.17, 15) is 8.42 Å². The average molecular weight is 487 g/mol. The van der Waals surface area contributed by atoms with Gasteiger partial charge >= 0.3 is 0 Å². The Bertz CT molecular complexity index is 1300. The largest absolute Gasteiger partial charge is 0.497 e. The number of rotatable bonds is 5. The lowest BCUT2D eigenvalue weighted by Gasteiger charge is -2.37. The third-order valence-corrected chi connectivity index (χ3v) is 9.01. The van der Waals surface area contributed by atoms with Crippen LogP contribution in [0, 0.1) is 0 Å². The number of aromatic amines is 1. The molecule has 0 saturated carbocycles.